The summed E-state index contributed by atoms with van der Waals surface area (Å²) in [4.78, 5) is 0. The zero-order valence-corrected chi connectivity index (χ0v) is 24.2. The lowest BCUT2D eigenvalue weighted by molar-refractivity contribution is 0.511. The van der Waals surface area contributed by atoms with Crippen LogP contribution in [0.1, 0.15) is 76.3 Å². The first-order valence-electron chi connectivity index (χ1n) is 13.6. The summed E-state index contributed by atoms with van der Waals surface area (Å²) >= 11 is 1.80. The quantitative estimate of drug-likeness (QED) is 0.103. The highest BCUT2D eigenvalue weighted by molar-refractivity contribution is 8.06. The minimum Gasteiger partial charge on any atom is -0.383 e. The largest absolute Gasteiger partial charge is 0.383 e. The van der Waals surface area contributed by atoms with Gasteiger partial charge in [0.15, 0.2) is 11.2 Å². The van der Waals surface area contributed by atoms with Gasteiger partial charge in [0.05, 0.1) is 23.7 Å². The molecule has 0 saturated carbocycles. The molecule has 0 bridgehead atoms. The van der Waals surface area contributed by atoms with Crippen LogP contribution in [-0.2, 0) is 21.2 Å². The van der Waals surface area contributed by atoms with Crippen molar-refractivity contribution < 1.29 is 3.63 Å². The minimum atomic E-state index is 0.123. The van der Waals surface area contributed by atoms with E-state index in [0.717, 1.165) is 41.9 Å². The molecule has 4 nitrogen and oxygen atoms in total. The van der Waals surface area contributed by atoms with Crippen molar-refractivity contribution in [2.24, 2.45) is 5.92 Å². The molecule has 2 atom stereocenters. The maximum Gasteiger partial charge on any atom is 0.159 e. The Labute approximate surface area is 227 Å². The molecule has 198 valence electrons. The van der Waals surface area contributed by atoms with Gasteiger partial charge in [-0.05, 0) is 74.1 Å². The minimum absolute atomic E-state index is 0.123. The summed E-state index contributed by atoms with van der Waals surface area (Å²) in [7, 11) is 0. The molecule has 1 unspecified atom stereocenters. The van der Waals surface area contributed by atoms with Crippen LogP contribution in [0.3, 0.4) is 0 Å². The van der Waals surface area contributed by atoms with Gasteiger partial charge >= 0.3 is 0 Å². The van der Waals surface area contributed by atoms with Crippen molar-refractivity contribution >= 4 is 34.6 Å². The summed E-state index contributed by atoms with van der Waals surface area (Å²) in [6, 6.07) is 18.6. The van der Waals surface area contributed by atoms with Crippen molar-refractivity contribution in [2.75, 3.05) is 41.5 Å². The summed E-state index contributed by atoms with van der Waals surface area (Å²) in [5.74, 6) is 3.01. The first-order valence-corrected chi connectivity index (χ1v) is 16.2. The SMILES string of the molecule is CC[S+](C)OSC[C@@H](C)CCCCCCCCCc1ccc(NCCNc2ccc(C#N)cc2)cc1. The molecule has 6 heteroatoms. The van der Waals surface area contributed by atoms with Crippen LogP contribution in [0, 0.1) is 17.2 Å². The number of nitriles is 1. The van der Waals surface area contributed by atoms with Gasteiger partial charge in [-0.15, -0.1) is 3.63 Å². The summed E-state index contributed by atoms with van der Waals surface area (Å²) in [5.41, 5.74) is 4.32. The molecule has 2 aromatic carbocycles. The van der Waals surface area contributed by atoms with Crippen LogP contribution in [0.4, 0.5) is 11.4 Å². The lowest BCUT2D eigenvalue weighted by atomic mass is 10.0. The van der Waals surface area contributed by atoms with E-state index in [1.807, 2.05) is 24.3 Å². The third kappa shape index (κ3) is 14.1. The second kappa shape index (κ2) is 19.3. The maximum atomic E-state index is 8.86. The Morgan fingerprint density at radius 1 is 0.861 bits per heavy atom. The third-order valence-corrected chi connectivity index (χ3v) is 9.17. The molecule has 0 aliphatic carbocycles. The number of rotatable bonds is 20. The highest BCUT2D eigenvalue weighted by Crippen LogP contribution is 2.19. The van der Waals surface area contributed by atoms with E-state index < -0.39 is 0 Å². The van der Waals surface area contributed by atoms with E-state index in [2.05, 4.69) is 61.1 Å². The van der Waals surface area contributed by atoms with Crippen LogP contribution in [0.25, 0.3) is 0 Å². The molecule has 0 aliphatic heterocycles. The molecule has 36 heavy (non-hydrogen) atoms. The van der Waals surface area contributed by atoms with Crippen LogP contribution in [0.2, 0.25) is 0 Å². The average molecular weight is 529 g/mol. The Bertz CT molecular complexity index is 852. The molecule has 0 saturated heterocycles. The zero-order chi connectivity index (χ0) is 25.8. The topological polar surface area (TPSA) is 57.1 Å². The van der Waals surface area contributed by atoms with E-state index in [1.165, 1.54) is 63.4 Å². The number of unbranched alkanes of at least 4 members (excludes halogenated alkanes) is 6. The lowest BCUT2D eigenvalue weighted by Gasteiger charge is -2.10. The van der Waals surface area contributed by atoms with Gasteiger partial charge in [-0.1, -0.05) is 57.6 Å². The van der Waals surface area contributed by atoms with Crippen LogP contribution < -0.4 is 10.6 Å². The second-order valence-corrected chi connectivity index (χ2v) is 12.4. The molecule has 0 heterocycles. The van der Waals surface area contributed by atoms with Crippen LogP contribution in [-0.4, -0.2) is 30.9 Å². The van der Waals surface area contributed by atoms with Crippen molar-refractivity contribution in [3.05, 3.63) is 59.7 Å². The fourth-order valence-electron chi connectivity index (χ4n) is 3.93. The van der Waals surface area contributed by atoms with E-state index in [1.54, 1.807) is 12.0 Å². The first-order chi connectivity index (χ1) is 17.6. The molecule has 2 rings (SSSR count). The smallest absolute Gasteiger partial charge is 0.159 e. The van der Waals surface area contributed by atoms with Gasteiger partial charge in [0.2, 0.25) is 0 Å². The Hall–Kier alpha value is -1.81. The average Bonchev–Trinajstić information content (AvgIpc) is 2.91. The first kappa shape index (κ1) is 30.4. The molecule has 0 aromatic heterocycles. The Balaban J connectivity index is 1.43. The summed E-state index contributed by atoms with van der Waals surface area (Å²) < 4.78 is 5.75. The number of anilines is 2. The molecule has 0 amide bonds. The van der Waals surface area contributed by atoms with Gasteiger partial charge in [-0.3, -0.25) is 0 Å². The van der Waals surface area contributed by atoms with Crippen molar-refractivity contribution in [1.82, 2.24) is 0 Å². The Morgan fingerprint density at radius 3 is 2.00 bits per heavy atom. The monoisotopic (exact) mass is 528 g/mol. The maximum absolute atomic E-state index is 8.86. The lowest BCUT2D eigenvalue weighted by Crippen LogP contribution is -2.13. The Morgan fingerprint density at radius 2 is 1.42 bits per heavy atom. The molecule has 0 aliphatic rings. The van der Waals surface area contributed by atoms with Gasteiger partial charge in [0, 0.05) is 30.2 Å². The highest BCUT2D eigenvalue weighted by Gasteiger charge is 2.11. The molecule has 0 spiro atoms. The molecule has 0 radical (unpaired) electrons. The normalized spacial score (nSPS) is 12.6. The predicted octanol–water partition coefficient (Wildman–Crippen LogP) is 8.23. The van der Waals surface area contributed by atoms with Gasteiger partial charge in [-0.25, -0.2) is 0 Å². The van der Waals surface area contributed by atoms with Gasteiger partial charge < -0.3 is 10.6 Å². The van der Waals surface area contributed by atoms with Crippen molar-refractivity contribution in [2.45, 2.75) is 71.6 Å². The fraction of sp³-hybridized carbons (Fsp3) is 0.567. The zero-order valence-electron chi connectivity index (χ0n) is 22.6. The van der Waals surface area contributed by atoms with Crippen molar-refractivity contribution in [1.29, 1.82) is 5.26 Å². The van der Waals surface area contributed by atoms with Crippen molar-refractivity contribution in [3.63, 3.8) is 0 Å². The van der Waals surface area contributed by atoms with Gasteiger partial charge in [0.1, 0.15) is 12.0 Å². The second-order valence-electron chi connectivity index (χ2n) is 9.57. The molecule has 2 aromatic rings. The summed E-state index contributed by atoms with van der Waals surface area (Å²) in [6.45, 7) is 6.23. The molecule has 2 N–H and O–H groups in total. The number of benzene rings is 2. The van der Waals surface area contributed by atoms with E-state index in [9.17, 15) is 0 Å². The summed E-state index contributed by atoms with van der Waals surface area (Å²) in [6.07, 6.45) is 14.2. The predicted molar refractivity (Wildman–Crippen MR) is 162 cm³/mol. The fourth-order valence-corrected chi connectivity index (χ4v) is 5.59. The molecular weight excluding hydrogens is 482 g/mol. The number of hydrogen-bond donors (Lipinski definition) is 2. The van der Waals surface area contributed by atoms with Gasteiger partial charge in [-0.2, -0.15) is 5.26 Å². The van der Waals surface area contributed by atoms with Crippen molar-refractivity contribution in [3.8, 4) is 6.07 Å². The molecule has 0 fully saturated rings. The van der Waals surface area contributed by atoms with Crippen LogP contribution in [0.5, 0.6) is 0 Å². The summed E-state index contributed by atoms with van der Waals surface area (Å²) in [5, 5.41) is 15.7. The van der Waals surface area contributed by atoms with Gasteiger partial charge in [0.25, 0.3) is 0 Å². The standard InChI is InChI=1S/C30H46N3OS2/c1-4-36(3)34-35-25-26(2)12-10-8-6-5-7-9-11-13-27-14-18-29(19-15-27)32-22-23-33-30-20-16-28(24-31)17-21-30/h14-21,26,32-33H,4-13,22-23,25H2,1-3H3/q+1/t26-,36?/m0/s1. The molecular formula is C30H46N3OS2+. The number of nitrogens with one attached hydrogen (secondary N) is 2. The number of nitrogens with zero attached hydrogens (tertiary/aromatic N) is 1. The number of aryl methyl sites for hydroxylation is 1. The number of hydrogen-bond acceptors (Lipinski definition) is 5. The van der Waals surface area contributed by atoms with E-state index >= 15 is 0 Å². The Kier molecular flexibility index (Phi) is 16.3. The van der Waals surface area contributed by atoms with E-state index in [4.69, 9.17) is 8.89 Å². The third-order valence-electron chi connectivity index (χ3n) is 6.34. The van der Waals surface area contributed by atoms with E-state index in [-0.39, 0.29) is 11.2 Å². The van der Waals surface area contributed by atoms with Crippen LogP contribution in [0.15, 0.2) is 48.5 Å². The van der Waals surface area contributed by atoms with E-state index in [0.29, 0.717) is 5.56 Å². The van der Waals surface area contributed by atoms with Crippen LogP contribution >= 0.6 is 12.0 Å². The highest BCUT2D eigenvalue weighted by atomic mass is 32.3.